The second-order valence-corrected chi connectivity index (χ2v) is 9.61. The van der Waals surface area contributed by atoms with Crippen LogP contribution < -0.4 is 27.0 Å². The number of nitrogens with one attached hydrogen (secondary N) is 4. The number of hydrogen-bond donors (Lipinski definition) is 6. The molecule has 3 atom stereocenters. The molecular weight excluding hydrogens is 589 g/mol. The number of anilines is 1. The third kappa shape index (κ3) is 11.5. The summed E-state index contributed by atoms with van der Waals surface area (Å²) in [6, 6.07) is 14.9. The first-order valence-corrected chi connectivity index (χ1v) is 13.6. The van der Waals surface area contributed by atoms with Gasteiger partial charge in [-0.25, -0.2) is 4.79 Å². The third-order valence-corrected chi connectivity index (χ3v) is 6.35. The number of aliphatic hydroxyl groups excluding tert-OH is 1. The molecule has 37 heavy (non-hydrogen) atoms. The van der Waals surface area contributed by atoms with Crippen LogP contribution in [0.2, 0.25) is 0 Å². The van der Waals surface area contributed by atoms with Gasteiger partial charge in [0.25, 0.3) is 0 Å². The third-order valence-electron chi connectivity index (χ3n) is 5.47. The van der Waals surface area contributed by atoms with Crippen LogP contribution in [0.4, 0.5) is 10.5 Å². The van der Waals surface area contributed by atoms with Crippen molar-refractivity contribution in [1.29, 1.82) is 0 Å². The summed E-state index contributed by atoms with van der Waals surface area (Å²) < 4.78 is 6.11. The summed E-state index contributed by atoms with van der Waals surface area (Å²) >= 11 is 2.26. The van der Waals surface area contributed by atoms with Crippen LogP contribution in [0.1, 0.15) is 37.8 Å². The highest BCUT2D eigenvalue weighted by Gasteiger charge is 2.29. The molecule has 0 heterocycles. The van der Waals surface area contributed by atoms with Crippen molar-refractivity contribution >= 4 is 46.2 Å². The lowest BCUT2D eigenvalue weighted by Gasteiger charge is -2.25. The highest BCUT2D eigenvalue weighted by atomic mass is 127. The number of ether oxygens (including phenoxy) is 1. The van der Waals surface area contributed by atoms with Crippen molar-refractivity contribution in [3.8, 4) is 0 Å². The molecule has 0 saturated carbocycles. The van der Waals surface area contributed by atoms with Crippen LogP contribution in [0.15, 0.2) is 54.6 Å². The van der Waals surface area contributed by atoms with Gasteiger partial charge in [-0.1, -0.05) is 78.9 Å². The minimum Gasteiger partial charge on any atom is -0.445 e. The topological polar surface area (TPSA) is 155 Å². The monoisotopic (exact) mass is 625 g/mol. The van der Waals surface area contributed by atoms with Crippen LogP contribution in [0.5, 0.6) is 0 Å². The lowest BCUT2D eigenvalue weighted by atomic mass is 10.0. The number of hydrogen-bond acceptors (Lipinski definition) is 7. The summed E-state index contributed by atoms with van der Waals surface area (Å²) in [7, 11) is 0. The Kier molecular flexibility index (Phi) is 13.3. The molecule has 0 spiro atoms. The predicted molar refractivity (Wildman–Crippen MR) is 151 cm³/mol. The van der Waals surface area contributed by atoms with Gasteiger partial charge in [0.05, 0.1) is 0 Å². The predicted octanol–water partition coefficient (Wildman–Crippen LogP) is 2.60. The average molecular weight is 626 g/mol. The van der Waals surface area contributed by atoms with Crippen LogP contribution in [0.25, 0.3) is 0 Å². The number of amides is 3. The molecule has 10 nitrogen and oxygen atoms in total. The number of nitrogens with two attached hydrogens (primary N) is 1. The molecule has 0 aromatic heterocycles. The van der Waals surface area contributed by atoms with Crippen molar-refractivity contribution in [3.05, 3.63) is 65.7 Å². The molecular formula is C26H36IN5O5. The molecule has 0 saturated heterocycles. The van der Waals surface area contributed by atoms with E-state index in [0.29, 0.717) is 18.7 Å². The van der Waals surface area contributed by atoms with Crippen LogP contribution in [0, 0.1) is 5.92 Å². The standard InChI is InChI=1S/C26H36IN5O5/c1-17(2)22(32-26(36)37-16-19-7-4-3-5-8-19)24(34)31-21(9-6-14-29-25(28)35)23(33)30-20-12-10-18(15-27)11-13-20/h3-5,7-8,10-13,17,21-22,25,29,35H,6,9,14-16,28H2,1-2H3,(H,30,33)(H,31,34)(H,32,36). The van der Waals surface area contributed by atoms with Gasteiger partial charge in [0.1, 0.15) is 18.7 Å². The van der Waals surface area contributed by atoms with E-state index >= 15 is 0 Å². The van der Waals surface area contributed by atoms with Gasteiger partial charge in [-0.15, -0.1) is 0 Å². The van der Waals surface area contributed by atoms with E-state index in [2.05, 4.69) is 43.9 Å². The Labute approximate surface area is 231 Å². The highest BCUT2D eigenvalue weighted by Crippen LogP contribution is 2.14. The van der Waals surface area contributed by atoms with Crippen molar-refractivity contribution in [2.24, 2.45) is 11.7 Å². The molecule has 0 aliphatic heterocycles. The van der Waals surface area contributed by atoms with Gasteiger partial charge >= 0.3 is 6.09 Å². The Bertz CT molecular complexity index is 989. The maximum absolute atomic E-state index is 13.1. The maximum atomic E-state index is 13.1. The molecule has 2 aromatic rings. The fraction of sp³-hybridized carbons (Fsp3) is 0.423. The van der Waals surface area contributed by atoms with E-state index < -0.39 is 36.3 Å². The lowest BCUT2D eigenvalue weighted by molar-refractivity contribution is -0.128. The van der Waals surface area contributed by atoms with Gasteiger partial charge in [-0.05, 0) is 48.6 Å². The first-order valence-electron chi connectivity index (χ1n) is 12.1. The zero-order valence-electron chi connectivity index (χ0n) is 21.1. The van der Waals surface area contributed by atoms with E-state index in [-0.39, 0.29) is 18.9 Å². The minimum atomic E-state index is -1.17. The molecule has 11 heteroatoms. The van der Waals surface area contributed by atoms with Crippen LogP contribution in [0.3, 0.4) is 0 Å². The first kappa shape index (κ1) is 30.5. The quantitative estimate of drug-likeness (QED) is 0.0817. The molecule has 0 fully saturated rings. The van der Waals surface area contributed by atoms with Crippen molar-refractivity contribution in [1.82, 2.24) is 16.0 Å². The van der Waals surface area contributed by atoms with Crippen molar-refractivity contribution in [2.45, 2.75) is 56.2 Å². The zero-order valence-corrected chi connectivity index (χ0v) is 23.2. The SMILES string of the molecule is CC(C)C(NC(=O)OCc1ccccc1)C(=O)NC(CCCNC(N)O)C(=O)Nc1ccc(CI)cc1. The summed E-state index contributed by atoms with van der Waals surface area (Å²) in [4.78, 5) is 38.6. The molecule has 0 aliphatic carbocycles. The Morgan fingerprint density at radius 2 is 1.65 bits per heavy atom. The van der Waals surface area contributed by atoms with Crippen LogP contribution >= 0.6 is 22.6 Å². The van der Waals surface area contributed by atoms with Crippen molar-refractivity contribution in [2.75, 3.05) is 11.9 Å². The minimum absolute atomic E-state index is 0.0699. The molecule has 7 N–H and O–H groups in total. The number of carbonyl (C=O) groups excluding carboxylic acids is 3. The Hall–Kier alpha value is -2.74. The Balaban J connectivity index is 2.03. The summed E-state index contributed by atoms with van der Waals surface area (Å²) in [5.74, 6) is -1.15. The molecule has 0 radical (unpaired) electrons. The second-order valence-electron chi connectivity index (χ2n) is 8.85. The Morgan fingerprint density at radius 1 is 0.973 bits per heavy atom. The molecule has 3 amide bonds. The van der Waals surface area contributed by atoms with Gasteiger partial charge in [0.15, 0.2) is 6.35 Å². The van der Waals surface area contributed by atoms with Crippen LogP contribution in [-0.2, 0) is 25.4 Å². The van der Waals surface area contributed by atoms with Crippen molar-refractivity contribution < 1.29 is 24.2 Å². The highest BCUT2D eigenvalue weighted by molar-refractivity contribution is 14.1. The summed E-state index contributed by atoms with van der Waals surface area (Å²) in [5, 5.41) is 20.1. The number of alkyl carbamates (subject to hydrolysis) is 1. The van der Waals surface area contributed by atoms with E-state index in [4.69, 9.17) is 10.5 Å². The largest absolute Gasteiger partial charge is 0.445 e. The first-order chi connectivity index (χ1) is 17.7. The molecule has 2 aromatic carbocycles. The number of alkyl halides is 1. The average Bonchev–Trinajstić information content (AvgIpc) is 2.88. The molecule has 202 valence electrons. The maximum Gasteiger partial charge on any atom is 0.408 e. The number of benzene rings is 2. The lowest BCUT2D eigenvalue weighted by Crippen LogP contribution is -2.54. The fourth-order valence-electron chi connectivity index (χ4n) is 3.42. The summed E-state index contributed by atoms with van der Waals surface area (Å²) in [5.41, 5.74) is 7.85. The number of rotatable bonds is 14. The number of aliphatic hydroxyl groups is 1. The smallest absolute Gasteiger partial charge is 0.408 e. The molecule has 2 rings (SSSR count). The summed E-state index contributed by atoms with van der Waals surface area (Å²) in [6.07, 6.45) is -1.16. The van der Waals surface area contributed by atoms with E-state index in [9.17, 15) is 19.5 Å². The fourth-order valence-corrected chi connectivity index (χ4v) is 3.93. The van der Waals surface area contributed by atoms with Gasteiger partial charge < -0.3 is 25.8 Å². The Morgan fingerprint density at radius 3 is 2.24 bits per heavy atom. The van der Waals surface area contributed by atoms with E-state index in [0.717, 1.165) is 15.6 Å². The zero-order chi connectivity index (χ0) is 27.2. The van der Waals surface area contributed by atoms with Gasteiger partial charge in [0, 0.05) is 10.1 Å². The van der Waals surface area contributed by atoms with E-state index in [1.54, 1.807) is 26.0 Å². The van der Waals surface area contributed by atoms with Crippen LogP contribution in [-0.4, -0.2) is 48.0 Å². The van der Waals surface area contributed by atoms with Gasteiger partial charge in [0.2, 0.25) is 11.8 Å². The van der Waals surface area contributed by atoms with Crippen molar-refractivity contribution in [3.63, 3.8) is 0 Å². The normalized spacial score (nSPS) is 13.4. The summed E-state index contributed by atoms with van der Waals surface area (Å²) in [6.45, 7) is 4.00. The van der Waals surface area contributed by atoms with E-state index in [1.165, 1.54) is 0 Å². The number of carbonyl (C=O) groups is 3. The molecule has 0 aliphatic rings. The molecule has 3 unspecified atom stereocenters. The van der Waals surface area contributed by atoms with Gasteiger partial charge in [-0.3, -0.25) is 20.6 Å². The number of halogens is 1. The van der Waals surface area contributed by atoms with Gasteiger partial charge in [-0.2, -0.15) is 0 Å². The second kappa shape index (κ2) is 16.2. The van der Waals surface area contributed by atoms with E-state index in [1.807, 2.05) is 42.5 Å². The molecule has 0 bridgehead atoms.